The molecule has 2 nitrogen and oxygen atoms in total. The van der Waals surface area contributed by atoms with Gasteiger partial charge in [0.2, 0.25) is 0 Å². The van der Waals surface area contributed by atoms with Crippen molar-refractivity contribution in [3.8, 4) is 11.4 Å². The van der Waals surface area contributed by atoms with Gasteiger partial charge in [0.25, 0.3) is 0 Å². The first-order valence-electron chi connectivity index (χ1n) is 6.01. The van der Waals surface area contributed by atoms with Gasteiger partial charge in [0, 0.05) is 16.6 Å². The molecule has 1 heterocycles. The molecule has 0 aliphatic carbocycles. The quantitative estimate of drug-likeness (QED) is 0.682. The summed E-state index contributed by atoms with van der Waals surface area (Å²) in [5, 5.41) is 0. The second kappa shape index (κ2) is 4.58. The van der Waals surface area contributed by atoms with Gasteiger partial charge in [-0.15, -0.1) is 0 Å². The van der Waals surface area contributed by atoms with E-state index in [0.717, 1.165) is 27.9 Å². The second-order valence-electron chi connectivity index (χ2n) is 4.18. The van der Waals surface area contributed by atoms with E-state index < -0.39 is 0 Å². The maximum Gasteiger partial charge on any atom is 0.141 e. The van der Waals surface area contributed by atoms with Gasteiger partial charge in [-0.05, 0) is 31.2 Å². The molecule has 0 atom stereocenters. The van der Waals surface area contributed by atoms with Crippen molar-refractivity contribution < 1.29 is 0 Å². The molecule has 0 fully saturated rings. The van der Waals surface area contributed by atoms with E-state index >= 15 is 0 Å². The van der Waals surface area contributed by atoms with E-state index in [1.807, 2.05) is 6.07 Å². The summed E-state index contributed by atoms with van der Waals surface area (Å²) in [5.41, 5.74) is 3.39. The highest BCUT2D eigenvalue weighted by molar-refractivity contribution is 9.10. The van der Waals surface area contributed by atoms with Crippen molar-refractivity contribution in [1.29, 1.82) is 0 Å². The number of fused-ring (bicyclic) bond motifs is 1. The van der Waals surface area contributed by atoms with Crippen molar-refractivity contribution in [2.24, 2.45) is 0 Å². The molecule has 0 saturated heterocycles. The lowest BCUT2D eigenvalue weighted by Crippen LogP contribution is -1.97. The van der Waals surface area contributed by atoms with Crippen LogP contribution in [0.2, 0.25) is 0 Å². The Morgan fingerprint density at radius 3 is 2.50 bits per heavy atom. The molecule has 0 N–H and O–H groups in total. The monoisotopic (exact) mass is 300 g/mol. The largest absolute Gasteiger partial charge is 0.324 e. The van der Waals surface area contributed by atoms with E-state index in [1.54, 1.807) is 0 Å². The predicted molar refractivity (Wildman–Crippen MR) is 78.5 cm³/mol. The molecule has 0 aliphatic heterocycles. The Labute approximate surface area is 114 Å². The van der Waals surface area contributed by atoms with Crippen molar-refractivity contribution >= 4 is 27.0 Å². The molecule has 0 saturated carbocycles. The van der Waals surface area contributed by atoms with Gasteiger partial charge in [0.05, 0.1) is 11.0 Å². The average Bonchev–Trinajstić information content (AvgIpc) is 2.78. The van der Waals surface area contributed by atoms with Gasteiger partial charge in [-0.3, -0.25) is 0 Å². The third kappa shape index (κ3) is 1.85. The van der Waals surface area contributed by atoms with E-state index in [0.29, 0.717) is 0 Å². The average molecular weight is 301 g/mol. The maximum absolute atomic E-state index is 4.73. The number of rotatable bonds is 2. The van der Waals surface area contributed by atoms with Crippen molar-refractivity contribution in [2.45, 2.75) is 13.5 Å². The molecule has 3 rings (SSSR count). The summed E-state index contributed by atoms with van der Waals surface area (Å²) in [5.74, 6) is 1.03. The minimum absolute atomic E-state index is 0.923. The van der Waals surface area contributed by atoms with Crippen LogP contribution in [0.15, 0.2) is 53.0 Å². The fourth-order valence-corrected chi connectivity index (χ4v) is 2.48. The van der Waals surface area contributed by atoms with Crippen molar-refractivity contribution in [2.75, 3.05) is 0 Å². The Morgan fingerprint density at radius 1 is 1.06 bits per heavy atom. The van der Waals surface area contributed by atoms with E-state index in [-0.39, 0.29) is 0 Å². The summed E-state index contributed by atoms with van der Waals surface area (Å²) in [7, 11) is 0. The molecule has 3 heteroatoms. The van der Waals surface area contributed by atoms with Gasteiger partial charge in [-0.25, -0.2) is 4.98 Å². The minimum atomic E-state index is 0.923. The van der Waals surface area contributed by atoms with Crippen molar-refractivity contribution in [1.82, 2.24) is 9.55 Å². The molecule has 0 aliphatic rings. The Kier molecular flexibility index (Phi) is 2.92. The highest BCUT2D eigenvalue weighted by atomic mass is 79.9. The fourth-order valence-electron chi connectivity index (χ4n) is 2.21. The zero-order valence-corrected chi connectivity index (χ0v) is 11.7. The van der Waals surface area contributed by atoms with Gasteiger partial charge < -0.3 is 4.57 Å². The molecule has 0 radical (unpaired) electrons. The second-order valence-corrected chi connectivity index (χ2v) is 5.09. The zero-order valence-electron chi connectivity index (χ0n) is 10.1. The van der Waals surface area contributed by atoms with Crippen LogP contribution < -0.4 is 0 Å². The van der Waals surface area contributed by atoms with Crippen LogP contribution >= 0.6 is 15.9 Å². The molecule has 2 aromatic carbocycles. The number of hydrogen-bond donors (Lipinski definition) is 0. The van der Waals surface area contributed by atoms with Crippen LogP contribution in [0.5, 0.6) is 0 Å². The first kappa shape index (κ1) is 11.5. The Bertz CT molecular complexity index is 683. The van der Waals surface area contributed by atoms with Gasteiger partial charge >= 0.3 is 0 Å². The molecule has 1 aromatic heterocycles. The molecule has 0 bridgehead atoms. The van der Waals surface area contributed by atoms with Gasteiger partial charge in [0.15, 0.2) is 0 Å². The summed E-state index contributed by atoms with van der Waals surface area (Å²) in [6, 6.07) is 16.6. The molecule has 18 heavy (non-hydrogen) atoms. The number of aromatic nitrogens is 2. The van der Waals surface area contributed by atoms with E-state index in [9.17, 15) is 0 Å². The molecule has 0 amide bonds. The summed E-state index contributed by atoms with van der Waals surface area (Å²) in [6.45, 7) is 3.07. The Morgan fingerprint density at radius 2 is 1.78 bits per heavy atom. The summed E-state index contributed by atoms with van der Waals surface area (Å²) in [4.78, 5) is 4.73. The van der Waals surface area contributed by atoms with Crippen molar-refractivity contribution in [3.63, 3.8) is 0 Å². The fraction of sp³-hybridized carbons (Fsp3) is 0.133. The number of nitrogens with zero attached hydrogens (tertiary/aromatic N) is 2. The zero-order chi connectivity index (χ0) is 12.5. The van der Waals surface area contributed by atoms with E-state index in [1.165, 1.54) is 5.52 Å². The number of benzene rings is 2. The summed E-state index contributed by atoms with van der Waals surface area (Å²) < 4.78 is 3.34. The van der Waals surface area contributed by atoms with Crippen LogP contribution in [0.4, 0.5) is 0 Å². The molecule has 0 unspecified atom stereocenters. The first-order valence-corrected chi connectivity index (χ1v) is 6.80. The summed E-state index contributed by atoms with van der Waals surface area (Å²) >= 11 is 3.46. The lowest BCUT2D eigenvalue weighted by molar-refractivity contribution is 0.796. The normalized spacial score (nSPS) is 11.0. The third-order valence-corrected chi connectivity index (χ3v) is 3.60. The van der Waals surface area contributed by atoms with Crippen LogP contribution in [-0.2, 0) is 6.54 Å². The number of imidazole rings is 1. The van der Waals surface area contributed by atoms with E-state index in [2.05, 4.69) is 69.9 Å². The predicted octanol–water partition coefficient (Wildman–Crippen LogP) is 4.49. The Balaban J connectivity index is 2.25. The maximum atomic E-state index is 4.73. The van der Waals surface area contributed by atoms with Crippen LogP contribution in [0, 0.1) is 0 Å². The number of aryl methyl sites for hydroxylation is 1. The highest BCUT2D eigenvalue weighted by Gasteiger charge is 2.10. The minimum Gasteiger partial charge on any atom is -0.324 e. The first-order chi connectivity index (χ1) is 8.79. The molecule has 90 valence electrons. The lowest BCUT2D eigenvalue weighted by atomic mass is 10.2. The molecular formula is C15H13BrN2. The molecular weight excluding hydrogens is 288 g/mol. The van der Waals surface area contributed by atoms with Crippen LogP contribution in [0.1, 0.15) is 6.92 Å². The van der Waals surface area contributed by atoms with Crippen LogP contribution in [0.3, 0.4) is 0 Å². The topological polar surface area (TPSA) is 17.8 Å². The van der Waals surface area contributed by atoms with E-state index in [4.69, 9.17) is 4.98 Å². The van der Waals surface area contributed by atoms with Crippen LogP contribution in [0.25, 0.3) is 22.4 Å². The summed E-state index contributed by atoms with van der Waals surface area (Å²) in [6.07, 6.45) is 0. The number of para-hydroxylation sites is 2. The highest BCUT2D eigenvalue weighted by Crippen LogP contribution is 2.25. The van der Waals surface area contributed by atoms with Crippen molar-refractivity contribution in [3.05, 3.63) is 53.0 Å². The standard InChI is InChI=1S/C15H13BrN2/c1-2-18-14-6-4-3-5-13(14)17-15(18)11-7-9-12(16)10-8-11/h3-10H,2H2,1H3. The number of halogens is 1. The molecule has 3 aromatic rings. The van der Waals surface area contributed by atoms with Crippen LogP contribution in [-0.4, -0.2) is 9.55 Å². The smallest absolute Gasteiger partial charge is 0.141 e. The third-order valence-electron chi connectivity index (χ3n) is 3.07. The van der Waals surface area contributed by atoms with Gasteiger partial charge in [0.1, 0.15) is 5.82 Å². The number of hydrogen-bond acceptors (Lipinski definition) is 1. The Hall–Kier alpha value is -1.61. The van der Waals surface area contributed by atoms with Gasteiger partial charge in [-0.1, -0.05) is 40.2 Å². The lowest BCUT2D eigenvalue weighted by Gasteiger charge is -2.05. The molecule has 0 spiro atoms. The van der Waals surface area contributed by atoms with Gasteiger partial charge in [-0.2, -0.15) is 0 Å². The SMILES string of the molecule is CCn1c(-c2ccc(Br)cc2)nc2ccccc21.